The number of aromatic amines is 1. The maximum Gasteiger partial charge on any atom is 0.313 e. The molecule has 0 radical (unpaired) electrons. The molecule has 0 aliphatic heterocycles. The van der Waals surface area contributed by atoms with E-state index in [0.717, 1.165) is 0 Å². The van der Waals surface area contributed by atoms with Crippen LogP contribution in [0.1, 0.15) is 26.6 Å². The Morgan fingerprint density at radius 2 is 2.08 bits per heavy atom. The van der Waals surface area contributed by atoms with E-state index < -0.39 is 25.9 Å². The number of nitrogens with zero attached hydrogens (tertiary/aromatic N) is 1. The van der Waals surface area contributed by atoms with Crippen LogP contribution in [-0.4, -0.2) is 60.6 Å². The van der Waals surface area contributed by atoms with Crippen LogP contribution in [0.15, 0.2) is 24.4 Å². The number of carboxylic acid groups (broad SMARTS) is 1. The first kappa shape index (κ1) is 12.1. The molecule has 0 spiro atoms. The van der Waals surface area contributed by atoms with Crippen molar-refractivity contribution in [3.05, 3.63) is 30.0 Å². The maximum absolute atomic E-state index is 12.1. The molecule has 0 aliphatic carbocycles. The quantitative estimate of drug-likeness (QED) is 0.385. The molecule has 2 N–H and O–H groups in total. The van der Waals surface area contributed by atoms with Crippen LogP contribution in [0, 0.1) is 0 Å². The second-order valence-corrected chi connectivity index (χ2v) is 5.37. The standard InChI is InChI=1S/C18H24N2O5/c1-20(2)9-6-13-12-19-14-4-3-5-15(18(13)14)25-17(23)8-11-24-10-7-16(21)22/h3-5,12,19H,6-11H2,1-2H3,(H,21,22)/i1D3,2D3. The summed E-state index contributed by atoms with van der Waals surface area (Å²) in [5.41, 5.74) is 1.25. The number of aliphatic carboxylic acids is 1. The molecule has 1 heterocycles. The molecule has 0 aliphatic rings. The Morgan fingerprint density at radius 1 is 1.28 bits per heavy atom. The predicted molar refractivity (Wildman–Crippen MR) is 93.9 cm³/mol. The highest BCUT2D eigenvalue weighted by Gasteiger charge is 2.13. The third kappa shape index (κ3) is 5.88. The Balaban J connectivity index is 2.08. The summed E-state index contributed by atoms with van der Waals surface area (Å²) in [4.78, 5) is 26.0. The van der Waals surface area contributed by atoms with Crippen LogP contribution >= 0.6 is 0 Å². The van der Waals surface area contributed by atoms with E-state index in [1.54, 1.807) is 24.4 Å². The molecule has 0 unspecified atom stereocenters. The van der Waals surface area contributed by atoms with Gasteiger partial charge in [0.05, 0.1) is 26.1 Å². The SMILES string of the molecule is [2H]C([2H])([2H])N(CCc1c[nH]c2cccc(OC(=O)CCOCCC(=O)O)c12)C([2H])([2H])[2H]. The van der Waals surface area contributed by atoms with Crippen molar-refractivity contribution in [2.45, 2.75) is 19.3 Å². The van der Waals surface area contributed by atoms with Crippen LogP contribution in [0.25, 0.3) is 10.9 Å². The molecule has 0 bridgehead atoms. The normalized spacial score (nSPS) is 15.7. The van der Waals surface area contributed by atoms with Gasteiger partial charge in [-0.2, -0.15) is 0 Å². The van der Waals surface area contributed by atoms with Crippen LogP contribution in [0.2, 0.25) is 0 Å². The number of carbonyl (C=O) groups excluding carboxylic acids is 1. The Hall–Kier alpha value is -2.38. The van der Waals surface area contributed by atoms with Gasteiger partial charge in [-0.15, -0.1) is 0 Å². The zero-order valence-corrected chi connectivity index (χ0v) is 13.6. The molecule has 1 aromatic heterocycles. The van der Waals surface area contributed by atoms with E-state index in [4.69, 9.17) is 22.8 Å². The fourth-order valence-electron chi connectivity index (χ4n) is 2.32. The molecule has 136 valence electrons. The molecule has 0 fully saturated rings. The van der Waals surface area contributed by atoms with Crippen LogP contribution in [0.4, 0.5) is 0 Å². The summed E-state index contributed by atoms with van der Waals surface area (Å²) in [7, 11) is 0. The number of rotatable bonds is 10. The van der Waals surface area contributed by atoms with Gasteiger partial charge in [0.15, 0.2) is 0 Å². The van der Waals surface area contributed by atoms with E-state index in [-0.39, 0.29) is 44.8 Å². The first-order chi connectivity index (χ1) is 14.4. The zero-order valence-electron chi connectivity index (χ0n) is 19.6. The summed E-state index contributed by atoms with van der Waals surface area (Å²) in [6.07, 6.45) is 1.48. The second kappa shape index (κ2) is 9.19. The van der Waals surface area contributed by atoms with Crippen molar-refractivity contribution in [3.8, 4) is 5.75 Å². The van der Waals surface area contributed by atoms with E-state index in [1.807, 2.05) is 0 Å². The Morgan fingerprint density at radius 3 is 2.84 bits per heavy atom. The van der Waals surface area contributed by atoms with Gasteiger partial charge in [-0.25, -0.2) is 0 Å². The molecule has 7 heteroatoms. The van der Waals surface area contributed by atoms with Crippen molar-refractivity contribution >= 4 is 22.8 Å². The van der Waals surface area contributed by atoms with Gasteiger partial charge in [0.2, 0.25) is 0 Å². The molecule has 0 saturated carbocycles. The minimum absolute atomic E-state index is 0.00814. The number of ether oxygens (including phenoxy) is 2. The van der Waals surface area contributed by atoms with Crippen LogP contribution in [0.5, 0.6) is 5.75 Å². The van der Waals surface area contributed by atoms with Crippen LogP contribution in [-0.2, 0) is 20.7 Å². The maximum atomic E-state index is 12.1. The van der Waals surface area contributed by atoms with Crippen molar-refractivity contribution in [2.24, 2.45) is 0 Å². The third-order valence-corrected chi connectivity index (χ3v) is 3.49. The smallest absolute Gasteiger partial charge is 0.313 e. The highest BCUT2D eigenvalue weighted by molar-refractivity contribution is 5.91. The van der Waals surface area contributed by atoms with E-state index in [9.17, 15) is 9.59 Å². The molecule has 2 aromatic rings. The van der Waals surface area contributed by atoms with Crippen molar-refractivity contribution in [1.29, 1.82) is 0 Å². The number of carbonyl (C=O) groups is 2. The highest BCUT2D eigenvalue weighted by Crippen LogP contribution is 2.29. The van der Waals surface area contributed by atoms with Crippen molar-refractivity contribution in [2.75, 3.05) is 33.7 Å². The Kier molecular flexibility index (Phi) is 4.43. The molecular formula is C18H24N2O5. The topological polar surface area (TPSA) is 91.9 Å². The number of benzene rings is 1. The summed E-state index contributed by atoms with van der Waals surface area (Å²) in [6, 6.07) is 5.00. The Bertz CT molecular complexity index is 895. The molecule has 0 atom stereocenters. The lowest BCUT2D eigenvalue weighted by atomic mass is 10.1. The van der Waals surface area contributed by atoms with Crippen LogP contribution < -0.4 is 4.74 Å². The molecule has 7 nitrogen and oxygen atoms in total. The molecule has 0 saturated heterocycles. The van der Waals surface area contributed by atoms with E-state index in [1.165, 1.54) is 0 Å². The van der Waals surface area contributed by atoms with Crippen molar-refractivity contribution < 1.29 is 32.4 Å². The monoisotopic (exact) mass is 354 g/mol. The number of likely N-dealkylation sites (N-methyl/N-ethyl adjacent to an activating group) is 1. The highest BCUT2D eigenvalue weighted by atomic mass is 16.5. The molecular weight excluding hydrogens is 324 g/mol. The average molecular weight is 354 g/mol. The largest absolute Gasteiger partial charge is 0.481 e. The number of esters is 1. The van der Waals surface area contributed by atoms with E-state index in [0.29, 0.717) is 21.4 Å². The summed E-state index contributed by atoms with van der Waals surface area (Å²) in [5, 5.41) is 9.10. The number of aromatic nitrogens is 1. The van der Waals surface area contributed by atoms with E-state index in [2.05, 4.69) is 4.98 Å². The molecule has 2 rings (SSSR count). The fraction of sp³-hybridized carbons (Fsp3) is 0.444. The van der Waals surface area contributed by atoms with Gasteiger partial charge in [0.1, 0.15) is 5.75 Å². The van der Waals surface area contributed by atoms with Gasteiger partial charge >= 0.3 is 11.9 Å². The van der Waals surface area contributed by atoms with Crippen molar-refractivity contribution in [1.82, 2.24) is 9.88 Å². The number of H-pyrrole nitrogens is 1. The van der Waals surface area contributed by atoms with Gasteiger partial charge < -0.3 is 24.5 Å². The minimum Gasteiger partial charge on any atom is -0.481 e. The van der Waals surface area contributed by atoms with Gasteiger partial charge in [0.25, 0.3) is 0 Å². The van der Waals surface area contributed by atoms with Gasteiger partial charge in [-0.1, -0.05) is 6.07 Å². The first-order valence-electron chi connectivity index (χ1n) is 10.8. The number of fused-ring (bicyclic) bond motifs is 1. The number of carboxylic acids is 1. The number of hydrogen-bond donors (Lipinski definition) is 2. The minimum atomic E-state index is -2.78. The Labute approximate surface area is 155 Å². The summed E-state index contributed by atoms with van der Waals surface area (Å²) < 4.78 is 55.3. The summed E-state index contributed by atoms with van der Waals surface area (Å²) in [6.45, 7) is -5.82. The fourth-order valence-corrected chi connectivity index (χ4v) is 2.32. The lowest BCUT2D eigenvalue weighted by Gasteiger charge is -2.10. The van der Waals surface area contributed by atoms with Gasteiger partial charge in [-0.05, 0) is 38.1 Å². The zero-order chi connectivity index (χ0) is 23.2. The first-order valence-corrected chi connectivity index (χ1v) is 7.76. The van der Waals surface area contributed by atoms with Crippen LogP contribution in [0.3, 0.4) is 0 Å². The second-order valence-electron chi connectivity index (χ2n) is 5.37. The molecule has 0 amide bonds. The summed E-state index contributed by atoms with van der Waals surface area (Å²) >= 11 is 0. The molecule has 25 heavy (non-hydrogen) atoms. The lowest BCUT2D eigenvalue weighted by molar-refractivity contribution is -0.138. The lowest BCUT2D eigenvalue weighted by Crippen LogP contribution is -2.15. The predicted octanol–water partition coefficient (Wildman–Crippen LogP) is 2.06. The average Bonchev–Trinajstić information content (AvgIpc) is 3.03. The van der Waals surface area contributed by atoms with Gasteiger partial charge in [-0.3, -0.25) is 9.59 Å². The third-order valence-electron chi connectivity index (χ3n) is 3.49. The summed E-state index contributed by atoms with van der Waals surface area (Å²) in [5.74, 6) is -1.33. The van der Waals surface area contributed by atoms with E-state index >= 15 is 0 Å². The van der Waals surface area contributed by atoms with Crippen molar-refractivity contribution in [3.63, 3.8) is 0 Å². The van der Waals surface area contributed by atoms with Gasteiger partial charge in [0, 0.05) is 31.9 Å². The number of nitrogens with one attached hydrogen (secondary N) is 1. The number of hydrogen-bond acceptors (Lipinski definition) is 5. The molecule has 1 aromatic carbocycles.